The SMILES string of the molecule is N#C/C(=C\c1cccc(OCc2ccc(Cl)cc2)c1)C(=O)Nc1cccc(I)c1. The Morgan fingerprint density at radius 2 is 1.86 bits per heavy atom. The van der Waals surface area contributed by atoms with Gasteiger partial charge in [-0.1, -0.05) is 41.9 Å². The lowest BCUT2D eigenvalue weighted by Gasteiger charge is -2.08. The largest absolute Gasteiger partial charge is 0.489 e. The van der Waals surface area contributed by atoms with E-state index in [1.165, 1.54) is 0 Å². The highest BCUT2D eigenvalue weighted by Crippen LogP contribution is 2.19. The molecule has 0 saturated carbocycles. The number of ether oxygens (including phenoxy) is 1. The first-order valence-corrected chi connectivity index (χ1v) is 10.2. The zero-order valence-corrected chi connectivity index (χ0v) is 18.1. The fraction of sp³-hybridized carbons (Fsp3) is 0.0435. The molecular weight excluding hydrogens is 499 g/mol. The first kappa shape index (κ1) is 20.9. The second-order valence-electron chi connectivity index (χ2n) is 6.12. The molecule has 3 aromatic rings. The average Bonchev–Trinajstić information content (AvgIpc) is 2.72. The average molecular weight is 515 g/mol. The van der Waals surface area contributed by atoms with Crippen molar-refractivity contribution in [3.05, 3.63) is 98.1 Å². The van der Waals surface area contributed by atoms with Gasteiger partial charge in [0.15, 0.2) is 0 Å². The van der Waals surface area contributed by atoms with E-state index < -0.39 is 5.91 Å². The third-order valence-corrected chi connectivity index (χ3v) is 4.86. The monoisotopic (exact) mass is 514 g/mol. The Bertz CT molecular complexity index is 1090. The Morgan fingerprint density at radius 1 is 1.10 bits per heavy atom. The summed E-state index contributed by atoms with van der Waals surface area (Å²) >= 11 is 8.05. The van der Waals surface area contributed by atoms with E-state index >= 15 is 0 Å². The summed E-state index contributed by atoms with van der Waals surface area (Å²) in [7, 11) is 0. The van der Waals surface area contributed by atoms with E-state index in [0.29, 0.717) is 28.6 Å². The van der Waals surface area contributed by atoms with Gasteiger partial charge in [-0.05, 0) is 82.3 Å². The van der Waals surface area contributed by atoms with Crippen molar-refractivity contribution in [3.63, 3.8) is 0 Å². The Morgan fingerprint density at radius 3 is 2.59 bits per heavy atom. The predicted molar refractivity (Wildman–Crippen MR) is 124 cm³/mol. The van der Waals surface area contributed by atoms with Crippen molar-refractivity contribution in [1.82, 2.24) is 0 Å². The second-order valence-corrected chi connectivity index (χ2v) is 7.80. The molecule has 0 radical (unpaired) electrons. The molecule has 0 fully saturated rings. The maximum Gasteiger partial charge on any atom is 0.266 e. The van der Waals surface area contributed by atoms with E-state index in [1.807, 2.05) is 66.7 Å². The van der Waals surface area contributed by atoms with Crippen molar-refractivity contribution in [1.29, 1.82) is 5.26 Å². The van der Waals surface area contributed by atoms with E-state index in [2.05, 4.69) is 27.9 Å². The minimum atomic E-state index is -0.456. The molecule has 0 aliphatic carbocycles. The summed E-state index contributed by atoms with van der Waals surface area (Å²) in [5.41, 5.74) is 2.35. The number of halogens is 2. The maximum absolute atomic E-state index is 12.4. The topological polar surface area (TPSA) is 62.1 Å². The van der Waals surface area contributed by atoms with Crippen LogP contribution < -0.4 is 10.1 Å². The highest BCUT2D eigenvalue weighted by atomic mass is 127. The third kappa shape index (κ3) is 6.34. The van der Waals surface area contributed by atoms with Crippen LogP contribution in [-0.4, -0.2) is 5.91 Å². The number of anilines is 1. The van der Waals surface area contributed by atoms with Crippen LogP contribution >= 0.6 is 34.2 Å². The lowest BCUT2D eigenvalue weighted by molar-refractivity contribution is -0.112. The molecule has 0 saturated heterocycles. The van der Waals surface area contributed by atoms with Gasteiger partial charge in [-0.15, -0.1) is 0 Å². The van der Waals surface area contributed by atoms with E-state index in [1.54, 1.807) is 18.2 Å². The number of hydrogen-bond donors (Lipinski definition) is 1. The van der Waals surface area contributed by atoms with Crippen molar-refractivity contribution in [2.45, 2.75) is 6.61 Å². The lowest BCUT2D eigenvalue weighted by atomic mass is 10.1. The number of carbonyl (C=O) groups is 1. The normalized spacial score (nSPS) is 10.9. The molecule has 0 heterocycles. The molecule has 4 nitrogen and oxygen atoms in total. The van der Waals surface area contributed by atoms with E-state index in [-0.39, 0.29) is 5.57 Å². The first-order chi connectivity index (χ1) is 14.0. The summed E-state index contributed by atoms with van der Waals surface area (Å²) in [6, 6.07) is 24.0. The number of nitrogens with zero attached hydrogens (tertiary/aromatic N) is 1. The molecule has 0 aromatic heterocycles. The molecule has 0 bridgehead atoms. The zero-order chi connectivity index (χ0) is 20.6. The van der Waals surface area contributed by atoms with Gasteiger partial charge in [-0.2, -0.15) is 5.26 Å². The van der Waals surface area contributed by atoms with E-state index in [9.17, 15) is 10.1 Å². The predicted octanol–water partition coefficient (Wildman–Crippen LogP) is 6.07. The van der Waals surface area contributed by atoms with Crippen LogP contribution in [0, 0.1) is 14.9 Å². The molecule has 0 aliphatic heterocycles. The van der Waals surface area contributed by atoms with Crippen LogP contribution in [0.1, 0.15) is 11.1 Å². The van der Waals surface area contributed by atoms with Gasteiger partial charge >= 0.3 is 0 Å². The van der Waals surface area contributed by atoms with Gasteiger partial charge in [-0.3, -0.25) is 4.79 Å². The number of nitriles is 1. The molecule has 3 rings (SSSR count). The molecule has 144 valence electrons. The van der Waals surface area contributed by atoms with Gasteiger partial charge in [0.1, 0.15) is 24.0 Å². The maximum atomic E-state index is 12.4. The Kier molecular flexibility index (Phi) is 7.28. The highest BCUT2D eigenvalue weighted by Gasteiger charge is 2.10. The number of carbonyl (C=O) groups excluding carboxylic acids is 1. The molecule has 1 amide bonds. The van der Waals surface area contributed by atoms with Crippen LogP contribution in [0.3, 0.4) is 0 Å². The fourth-order valence-electron chi connectivity index (χ4n) is 2.52. The number of hydrogen-bond acceptors (Lipinski definition) is 3. The van der Waals surface area contributed by atoms with Crippen molar-refractivity contribution >= 4 is 51.9 Å². The smallest absolute Gasteiger partial charge is 0.266 e. The minimum Gasteiger partial charge on any atom is -0.489 e. The molecular formula is C23H16ClIN2O2. The van der Waals surface area contributed by atoms with Gasteiger partial charge in [-0.25, -0.2) is 0 Å². The molecule has 3 aromatic carbocycles. The molecule has 0 unspecified atom stereocenters. The summed E-state index contributed by atoms with van der Waals surface area (Å²) in [6.07, 6.45) is 1.54. The van der Waals surface area contributed by atoms with Crippen molar-refractivity contribution < 1.29 is 9.53 Å². The molecule has 0 spiro atoms. The number of rotatable bonds is 6. The van der Waals surface area contributed by atoms with Crippen LogP contribution in [0.2, 0.25) is 5.02 Å². The summed E-state index contributed by atoms with van der Waals surface area (Å²) in [6.45, 7) is 0.391. The number of amides is 1. The van der Waals surface area contributed by atoms with Crippen LogP contribution in [-0.2, 0) is 11.4 Å². The minimum absolute atomic E-state index is 0.0127. The number of benzene rings is 3. The summed E-state index contributed by atoms with van der Waals surface area (Å²) < 4.78 is 6.79. The fourth-order valence-corrected chi connectivity index (χ4v) is 3.19. The van der Waals surface area contributed by atoms with Crippen molar-refractivity contribution in [2.75, 3.05) is 5.32 Å². The quantitative estimate of drug-likeness (QED) is 0.247. The van der Waals surface area contributed by atoms with Crippen molar-refractivity contribution in [2.24, 2.45) is 0 Å². The molecule has 29 heavy (non-hydrogen) atoms. The van der Waals surface area contributed by atoms with Crippen LogP contribution in [0.15, 0.2) is 78.4 Å². The Labute approximate surface area is 187 Å². The lowest BCUT2D eigenvalue weighted by Crippen LogP contribution is -2.13. The van der Waals surface area contributed by atoms with Crippen LogP contribution in [0.25, 0.3) is 6.08 Å². The van der Waals surface area contributed by atoms with E-state index in [4.69, 9.17) is 16.3 Å². The van der Waals surface area contributed by atoms with Gasteiger partial charge in [0.05, 0.1) is 0 Å². The van der Waals surface area contributed by atoms with E-state index in [0.717, 1.165) is 9.13 Å². The second kappa shape index (κ2) is 10.1. The molecule has 6 heteroatoms. The summed E-state index contributed by atoms with van der Waals surface area (Å²) in [5.74, 6) is 0.186. The van der Waals surface area contributed by atoms with Gasteiger partial charge in [0, 0.05) is 14.3 Å². The van der Waals surface area contributed by atoms with Crippen LogP contribution in [0.4, 0.5) is 5.69 Å². The van der Waals surface area contributed by atoms with Gasteiger partial charge in [0.2, 0.25) is 0 Å². The van der Waals surface area contributed by atoms with Crippen molar-refractivity contribution in [3.8, 4) is 11.8 Å². The Balaban J connectivity index is 1.70. The standard InChI is InChI=1S/C23H16ClIN2O2/c24-19-9-7-16(8-10-19)15-29-22-6-1-3-17(12-22)11-18(14-26)23(28)27-21-5-2-4-20(25)13-21/h1-13H,15H2,(H,27,28)/b18-11+. The highest BCUT2D eigenvalue weighted by molar-refractivity contribution is 14.1. The number of nitrogens with one attached hydrogen (secondary N) is 1. The summed E-state index contributed by atoms with van der Waals surface area (Å²) in [4.78, 5) is 12.4. The Hall–Kier alpha value is -2.82. The zero-order valence-electron chi connectivity index (χ0n) is 15.2. The summed E-state index contributed by atoms with van der Waals surface area (Å²) in [5, 5.41) is 12.8. The van der Waals surface area contributed by atoms with Gasteiger partial charge < -0.3 is 10.1 Å². The third-order valence-electron chi connectivity index (χ3n) is 3.94. The molecule has 0 aliphatic rings. The molecule has 1 N–H and O–H groups in total. The van der Waals surface area contributed by atoms with Gasteiger partial charge in [0.25, 0.3) is 5.91 Å². The molecule has 0 atom stereocenters. The van der Waals surface area contributed by atoms with Crippen LogP contribution in [0.5, 0.6) is 5.75 Å². The first-order valence-electron chi connectivity index (χ1n) is 8.69.